The Balaban J connectivity index is 2.15. The number of sulfone groups is 1. The van der Waals surface area contributed by atoms with Crippen molar-refractivity contribution < 1.29 is 16.8 Å². The predicted octanol–water partition coefficient (Wildman–Crippen LogP) is 0.125. The van der Waals surface area contributed by atoms with Gasteiger partial charge in [-0.3, -0.25) is 0 Å². The lowest BCUT2D eigenvalue weighted by Gasteiger charge is -2.35. The second kappa shape index (κ2) is 7.16. The van der Waals surface area contributed by atoms with E-state index in [9.17, 15) is 16.8 Å². The van der Waals surface area contributed by atoms with Crippen LogP contribution in [0.5, 0.6) is 0 Å². The quantitative estimate of drug-likeness (QED) is 0.754. The van der Waals surface area contributed by atoms with Crippen LogP contribution >= 0.6 is 11.8 Å². The van der Waals surface area contributed by atoms with Crippen LogP contribution in [0.3, 0.4) is 0 Å². The highest BCUT2D eigenvalue weighted by Crippen LogP contribution is 2.26. The van der Waals surface area contributed by atoms with Crippen LogP contribution in [0.4, 0.5) is 0 Å². The first-order chi connectivity index (χ1) is 9.87. The standard InChI is InChI=1S/C12H24N2O4S3/c1-2-20(15,16)12-9-19-7-6-14(12)21(17,18)10-11-4-3-5-13-8-11/h11-13H,2-10H2,1H3. The molecule has 0 spiro atoms. The zero-order valence-corrected chi connectivity index (χ0v) is 14.8. The third-order valence-corrected chi connectivity index (χ3v) is 9.52. The zero-order valence-electron chi connectivity index (χ0n) is 12.3. The first kappa shape index (κ1) is 17.5. The number of nitrogens with one attached hydrogen (secondary N) is 1. The Labute approximate surface area is 132 Å². The van der Waals surface area contributed by atoms with Crippen molar-refractivity contribution in [1.82, 2.24) is 9.62 Å². The smallest absolute Gasteiger partial charge is 0.215 e. The number of rotatable bonds is 5. The molecule has 0 amide bonds. The molecule has 9 heteroatoms. The van der Waals surface area contributed by atoms with Gasteiger partial charge in [0.1, 0.15) is 5.37 Å². The number of nitrogens with zero attached hydrogens (tertiary/aromatic N) is 1. The van der Waals surface area contributed by atoms with E-state index in [-0.39, 0.29) is 17.4 Å². The molecule has 0 radical (unpaired) electrons. The van der Waals surface area contributed by atoms with Crippen molar-refractivity contribution in [2.24, 2.45) is 5.92 Å². The van der Waals surface area contributed by atoms with Gasteiger partial charge in [0.05, 0.1) is 5.75 Å². The maximum Gasteiger partial charge on any atom is 0.215 e. The Morgan fingerprint density at radius 1 is 1.29 bits per heavy atom. The van der Waals surface area contributed by atoms with Gasteiger partial charge >= 0.3 is 0 Å². The minimum atomic E-state index is -3.52. The van der Waals surface area contributed by atoms with Crippen LogP contribution in [0, 0.1) is 5.92 Å². The van der Waals surface area contributed by atoms with Crippen LogP contribution in [0.15, 0.2) is 0 Å². The van der Waals surface area contributed by atoms with E-state index in [1.807, 2.05) is 0 Å². The van der Waals surface area contributed by atoms with Crippen molar-refractivity contribution in [3.63, 3.8) is 0 Å². The van der Waals surface area contributed by atoms with Crippen molar-refractivity contribution in [3.8, 4) is 0 Å². The van der Waals surface area contributed by atoms with Crippen molar-refractivity contribution in [2.45, 2.75) is 25.1 Å². The summed E-state index contributed by atoms with van der Waals surface area (Å²) in [5.74, 6) is 1.13. The molecule has 2 saturated heterocycles. The molecule has 1 N–H and O–H groups in total. The summed E-state index contributed by atoms with van der Waals surface area (Å²) in [6, 6.07) is 0. The Kier molecular flexibility index (Phi) is 5.98. The highest BCUT2D eigenvalue weighted by molar-refractivity contribution is 8.01. The monoisotopic (exact) mass is 356 g/mol. The Bertz CT molecular complexity index is 541. The third-order valence-electron chi connectivity index (χ3n) is 4.06. The number of piperidine rings is 1. The number of hydrogen-bond acceptors (Lipinski definition) is 6. The van der Waals surface area contributed by atoms with E-state index >= 15 is 0 Å². The lowest BCUT2D eigenvalue weighted by molar-refractivity contribution is 0.373. The average molecular weight is 357 g/mol. The normalized spacial score (nSPS) is 29.4. The molecule has 0 aliphatic carbocycles. The molecular formula is C12H24N2O4S3. The fraction of sp³-hybridized carbons (Fsp3) is 1.00. The van der Waals surface area contributed by atoms with E-state index in [1.165, 1.54) is 16.1 Å². The fourth-order valence-electron chi connectivity index (χ4n) is 2.82. The molecule has 0 saturated carbocycles. The van der Waals surface area contributed by atoms with E-state index in [2.05, 4.69) is 5.32 Å². The van der Waals surface area contributed by atoms with E-state index in [0.717, 1.165) is 19.4 Å². The van der Waals surface area contributed by atoms with Crippen LogP contribution in [0.25, 0.3) is 0 Å². The SMILES string of the molecule is CCS(=O)(=O)C1CSCCN1S(=O)(=O)CC1CCCNC1. The first-order valence-electron chi connectivity index (χ1n) is 7.36. The van der Waals surface area contributed by atoms with Gasteiger partial charge < -0.3 is 5.32 Å². The lowest BCUT2D eigenvalue weighted by atomic mass is 10.0. The molecule has 2 fully saturated rings. The van der Waals surface area contributed by atoms with Crippen LogP contribution in [-0.4, -0.2) is 69.2 Å². The summed E-state index contributed by atoms with van der Waals surface area (Å²) in [5, 5.41) is 2.32. The summed E-state index contributed by atoms with van der Waals surface area (Å²) >= 11 is 1.51. The maximum atomic E-state index is 12.7. The van der Waals surface area contributed by atoms with Gasteiger partial charge in [-0.15, -0.1) is 0 Å². The molecule has 0 aromatic heterocycles. The Morgan fingerprint density at radius 3 is 2.67 bits per heavy atom. The van der Waals surface area contributed by atoms with Crippen molar-refractivity contribution in [2.75, 3.05) is 42.6 Å². The minimum absolute atomic E-state index is 0.0186. The Hall–Kier alpha value is 0.170. The number of hydrogen-bond donors (Lipinski definition) is 1. The van der Waals surface area contributed by atoms with Gasteiger partial charge in [-0.2, -0.15) is 16.1 Å². The second-order valence-corrected chi connectivity index (χ2v) is 11.1. The van der Waals surface area contributed by atoms with E-state index in [4.69, 9.17) is 0 Å². The highest BCUT2D eigenvalue weighted by Gasteiger charge is 2.40. The van der Waals surface area contributed by atoms with Gasteiger partial charge in [0.25, 0.3) is 0 Å². The van der Waals surface area contributed by atoms with Crippen LogP contribution < -0.4 is 5.32 Å². The van der Waals surface area contributed by atoms with Gasteiger partial charge in [-0.25, -0.2) is 16.8 Å². The molecule has 2 aliphatic rings. The van der Waals surface area contributed by atoms with Gasteiger partial charge in [-0.1, -0.05) is 6.92 Å². The molecule has 2 heterocycles. The maximum absolute atomic E-state index is 12.7. The molecule has 0 aromatic rings. The molecule has 2 atom stereocenters. The summed E-state index contributed by atoms with van der Waals surface area (Å²) < 4.78 is 50.9. The summed E-state index contributed by atoms with van der Waals surface area (Å²) in [4.78, 5) is 0. The van der Waals surface area contributed by atoms with Crippen molar-refractivity contribution >= 4 is 31.6 Å². The average Bonchev–Trinajstić information content (AvgIpc) is 2.48. The molecule has 21 heavy (non-hydrogen) atoms. The first-order valence-corrected chi connectivity index (χ1v) is 11.8. The minimum Gasteiger partial charge on any atom is -0.316 e. The summed E-state index contributed by atoms with van der Waals surface area (Å²) in [5.41, 5.74) is 0. The second-order valence-electron chi connectivity index (χ2n) is 5.58. The van der Waals surface area contributed by atoms with Crippen LogP contribution in [-0.2, 0) is 19.9 Å². The summed E-state index contributed by atoms with van der Waals surface area (Å²) in [6.07, 6.45) is 1.87. The molecule has 2 rings (SSSR count). The Morgan fingerprint density at radius 2 is 2.05 bits per heavy atom. The molecule has 124 valence electrons. The highest BCUT2D eigenvalue weighted by atomic mass is 32.2. The molecule has 2 aliphatic heterocycles. The van der Waals surface area contributed by atoms with E-state index in [1.54, 1.807) is 6.92 Å². The predicted molar refractivity (Wildman–Crippen MR) is 86.7 cm³/mol. The molecule has 6 nitrogen and oxygen atoms in total. The van der Waals surface area contributed by atoms with Gasteiger partial charge in [0, 0.05) is 23.8 Å². The zero-order chi connectivity index (χ0) is 15.5. The lowest BCUT2D eigenvalue weighted by Crippen LogP contribution is -2.52. The molecule has 0 bridgehead atoms. The topological polar surface area (TPSA) is 83.6 Å². The van der Waals surface area contributed by atoms with Gasteiger partial charge in [0.2, 0.25) is 10.0 Å². The van der Waals surface area contributed by atoms with E-state index < -0.39 is 25.2 Å². The van der Waals surface area contributed by atoms with Crippen LogP contribution in [0.1, 0.15) is 19.8 Å². The number of thioether (sulfide) groups is 1. The molecular weight excluding hydrogens is 332 g/mol. The largest absolute Gasteiger partial charge is 0.316 e. The molecule has 2 unspecified atom stereocenters. The number of sulfonamides is 1. The van der Waals surface area contributed by atoms with Crippen molar-refractivity contribution in [1.29, 1.82) is 0 Å². The van der Waals surface area contributed by atoms with Gasteiger partial charge in [-0.05, 0) is 31.8 Å². The summed E-state index contributed by atoms with van der Waals surface area (Å²) in [7, 11) is -6.91. The van der Waals surface area contributed by atoms with Gasteiger partial charge in [0.15, 0.2) is 9.84 Å². The fourth-order valence-corrected chi connectivity index (χ4v) is 8.53. The third kappa shape index (κ3) is 4.34. The van der Waals surface area contributed by atoms with Crippen molar-refractivity contribution in [3.05, 3.63) is 0 Å². The van der Waals surface area contributed by atoms with Crippen LogP contribution in [0.2, 0.25) is 0 Å². The summed E-state index contributed by atoms with van der Waals surface area (Å²) in [6.45, 7) is 3.51. The van der Waals surface area contributed by atoms with E-state index in [0.29, 0.717) is 24.6 Å². The molecule has 0 aromatic carbocycles.